The highest BCUT2D eigenvalue weighted by atomic mass is 32.2. The Bertz CT molecular complexity index is 923. The summed E-state index contributed by atoms with van der Waals surface area (Å²) in [5.41, 5.74) is 5.10. The van der Waals surface area contributed by atoms with Crippen molar-refractivity contribution < 1.29 is 18.3 Å². The molecule has 0 aliphatic carbocycles. The number of halogens is 2. The molecule has 1 aliphatic heterocycles. The minimum atomic E-state index is -1.46. The third-order valence-electron chi connectivity index (χ3n) is 4.66. The summed E-state index contributed by atoms with van der Waals surface area (Å²) in [6, 6.07) is 4.17. The van der Waals surface area contributed by atoms with Gasteiger partial charge in [-0.15, -0.1) is 0 Å². The molecule has 3 atom stereocenters. The number of aliphatic imine (C=N–C) groups is 1. The Hall–Kier alpha value is -2.55. The number of carbonyl (C=O) groups is 1. The van der Waals surface area contributed by atoms with Gasteiger partial charge in [0.15, 0.2) is 11.0 Å². The van der Waals surface area contributed by atoms with Crippen LogP contribution in [0.4, 0.5) is 8.78 Å². The molecule has 0 saturated heterocycles. The van der Waals surface area contributed by atoms with E-state index in [0.29, 0.717) is 11.4 Å². The lowest BCUT2D eigenvalue weighted by Gasteiger charge is -2.37. The second kappa shape index (κ2) is 7.83. The molecule has 0 saturated carbocycles. The number of methoxy groups -OCH3 is 1. The van der Waals surface area contributed by atoms with Gasteiger partial charge in [-0.25, -0.2) is 23.7 Å². The van der Waals surface area contributed by atoms with Gasteiger partial charge in [-0.1, -0.05) is 17.8 Å². The third kappa shape index (κ3) is 3.84. The standard InChI is InChI=1S/C19H20F2N4O2S/c1-10-17(21)19(2,25-18(22)28-10)12-6-11(4-5-13(12)20)7-15(26)14-8-24-16(27-3)9-23-14/h4-6,8-10,17H,7H2,1-3H3,(H2,22,25)/t10-,17+,19-/m1/s1. The molecule has 1 aromatic carbocycles. The molecule has 0 spiro atoms. The van der Waals surface area contributed by atoms with Gasteiger partial charge in [0, 0.05) is 17.2 Å². The average molecular weight is 406 g/mol. The van der Waals surface area contributed by atoms with E-state index in [1.54, 1.807) is 6.92 Å². The number of hydrogen-bond donors (Lipinski definition) is 1. The largest absolute Gasteiger partial charge is 0.480 e. The Morgan fingerprint density at radius 1 is 1.36 bits per heavy atom. The van der Waals surface area contributed by atoms with Crippen LogP contribution in [0.2, 0.25) is 0 Å². The number of hydrogen-bond acceptors (Lipinski definition) is 7. The molecule has 0 amide bonds. The van der Waals surface area contributed by atoms with E-state index >= 15 is 0 Å². The molecule has 0 radical (unpaired) electrons. The number of alkyl halides is 1. The molecule has 3 rings (SSSR count). The van der Waals surface area contributed by atoms with Crippen LogP contribution in [0.5, 0.6) is 5.88 Å². The van der Waals surface area contributed by atoms with Crippen LogP contribution in [0.15, 0.2) is 35.6 Å². The second-order valence-corrected chi connectivity index (χ2v) is 8.08. The van der Waals surface area contributed by atoms with Gasteiger partial charge in [-0.3, -0.25) is 4.79 Å². The molecule has 0 fully saturated rings. The molecule has 2 N–H and O–H groups in total. The van der Waals surface area contributed by atoms with Crippen LogP contribution in [0.1, 0.15) is 35.5 Å². The maximum Gasteiger partial charge on any atom is 0.232 e. The van der Waals surface area contributed by atoms with Crippen LogP contribution in [0.3, 0.4) is 0 Å². The van der Waals surface area contributed by atoms with Crippen LogP contribution >= 0.6 is 11.8 Å². The van der Waals surface area contributed by atoms with Crippen molar-refractivity contribution in [1.29, 1.82) is 0 Å². The van der Waals surface area contributed by atoms with Gasteiger partial charge in [0.25, 0.3) is 0 Å². The number of carbonyl (C=O) groups excluding carboxylic acids is 1. The first-order valence-electron chi connectivity index (χ1n) is 8.58. The first kappa shape index (κ1) is 20.2. The Morgan fingerprint density at radius 3 is 2.75 bits per heavy atom. The molecule has 0 bridgehead atoms. The van der Waals surface area contributed by atoms with Crippen LogP contribution in [0.25, 0.3) is 0 Å². The Balaban J connectivity index is 1.91. The number of amidine groups is 1. The van der Waals surface area contributed by atoms with E-state index in [4.69, 9.17) is 10.5 Å². The lowest BCUT2D eigenvalue weighted by atomic mass is 9.84. The van der Waals surface area contributed by atoms with E-state index in [9.17, 15) is 13.6 Å². The number of nitrogens with two attached hydrogens (primary N) is 1. The molecule has 28 heavy (non-hydrogen) atoms. The summed E-state index contributed by atoms with van der Waals surface area (Å²) in [6.45, 7) is 3.20. The normalized spacial score (nSPS) is 24.5. The highest BCUT2D eigenvalue weighted by molar-refractivity contribution is 8.14. The molecular formula is C19H20F2N4O2S. The molecule has 6 nitrogen and oxygen atoms in total. The van der Waals surface area contributed by atoms with Crippen LogP contribution in [0, 0.1) is 5.82 Å². The predicted octanol–water partition coefficient (Wildman–Crippen LogP) is 3.05. The summed E-state index contributed by atoms with van der Waals surface area (Å²) in [5, 5.41) is -0.264. The van der Waals surface area contributed by atoms with E-state index in [2.05, 4.69) is 15.0 Å². The van der Waals surface area contributed by atoms with Crippen molar-refractivity contribution in [2.45, 2.75) is 37.2 Å². The van der Waals surface area contributed by atoms with Gasteiger partial charge in [-0.2, -0.15) is 0 Å². The van der Waals surface area contributed by atoms with Crippen molar-refractivity contribution in [2.24, 2.45) is 10.7 Å². The molecular weight excluding hydrogens is 386 g/mol. The predicted molar refractivity (Wildman–Crippen MR) is 104 cm³/mol. The lowest BCUT2D eigenvalue weighted by Crippen LogP contribution is -2.44. The first-order chi connectivity index (χ1) is 13.2. The van der Waals surface area contributed by atoms with Crippen molar-refractivity contribution in [1.82, 2.24) is 9.97 Å². The number of thioether (sulfide) groups is 1. The zero-order valence-electron chi connectivity index (χ0n) is 15.6. The van der Waals surface area contributed by atoms with Crippen molar-refractivity contribution in [3.63, 3.8) is 0 Å². The smallest absolute Gasteiger partial charge is 0.232 e. The van der Waals surface area contributed by atoms with Gasteiger partial charge >= 0.3 is 0 Å². The van der Waals surface area contributed by atoms with Gasteiger partial charge in [0.2, 0.25) is 5.88 Å². The van der Waals surface area contributed by atoms with Crippen LogP contribution < -0.4 is 10.5 Å². The topological polar surface area (TPSA) is 90.5 Å². The quantitative estimate of drug-likeness (QED) is 0.768. The van der Waals surface area contributed by atoms with Gasteiger partial charge in [0.05, 0.1) is 19.5 Å². The lowest BCUT2D eigenvalue weighted by molar-refractivity contribution is 0.0987. The van der Waals surface area contributed by atoms with Crippen molar-refractivity contribution >= 4 is 22.7 Å². The Labute approximate surface area is 165 Å². The summed E-state index contributed by atoms with van der Waals surface area (Å²) < 4.78 is 34.4. The summed E-state index contributed by atoms with van der Waals surface area (Å²) >= 11 is 1.12. The van der Waals surface area contributed by atoms with Crippen molar-refractivity contribution in [3.05, 3.63) is 53.2 Å². The van der Waals surface area contributed by atoms with E-state index in [1.165, 1.54) is 44.6 Å². The monoisotopic (exact) mass is 406 g/mol. The number of ether oxygens (including phenoxy) is 1. The molecule has 1 aliphatic rings. The fourth-order valence-corrected chi connectivity index (χ4v) is 4.15. The van der Waals surface area contributed by atoms with Crippen LogP contribution in [-0.4, -0.2) is 39.5 Å². The zero-order chi connectivity index (χ0) is 20.5. The summed E-state index contributed by atoms with van der Waals surface area (Å²) in [5.74, 6) is -0.603. The van der Waals surface area contributed by atoms with E-state index < -0.39 is 22.8 Å². The SMILES string of the molecule is COc1cnc(C(=O)Cc2ccc(F)c([C@@]3(C)N=C(N)S[C@H](C)[C@@H]3F)c2)cn1. The van der Waals surface area contributed by atoms with E-state index in [0.717, 1.165) is 11.8 Å². The number of Topliss-reactive ketones (excluding diaryl/α,β-unsaturated/α-hetero) is 1. The van der Waals surface area contributed by atoms with Crippen LogP contribution in [-0.2, 0) is 12.0 Å². The first-order valence-corrected chi connectivity index (χ1v) is 9.46. The fourth-order valence-electron chi connectivity index (χ4n) is 3.14. The van der Waals surface area contributed by atoms with E-state index in [1.807, 2.05) is 0 Å². The number of rotatable bonds is 5. The molecule has 1 aromatic heterocycles. The van der Waals surface area contributed by atoms with Gasteiger partial charge < -0.3 is 10.5 Å². The fraction of sp³-hybridized carbons (Fsp3) is 0.368. The highest BCUT2D eigenvalue weighted by Crippen LogP contribution is 2.42. The molecule has 9 heteroatoms. The van der Waals surface area contributed by atoms with Gasteiger partial charge in [0.1, 0.15) is 23.2 Å². The molecule has 148 valence electrons. The minimum absolute atomic E-state index is 0.0369. The number of nitrogens with zero attached hydrogens (tertiary/aromatic N) is 3. The number of benzene rings is 1. The summed E-state index contributed by atoms with van der Waals surface area (Å²) in [7, 11) is 1.45. The molecule has 2 heterocycles. The zero-order valence-corrected chi connectivity index (χ0v) is 16.5. The summed E-state index contributed by atoms with van der Waals surface area (Å²) in [6.07, 6.45) is 1.19. The average Bonchev–Trinajstić information content (AvgIpc) is 2.67. The van der Waals surface area contributed by atoms with Gasteiger partial charge in [-0.05, 0) is 31.5 Å². The Kier molecular flexibility index (Phi) is 5.64. The second-order valence-electron chi connectivity index (χ2n) is 6.68. The minimum Gasteiger partial charge on any atom is -0.480 e. The maximum atomic E-state index is 14.9. The molecule has 0 unspecified atom stereocenters. The third-order valence-corrected chi connectivity index (χ3v) is 5.61. The number of aromatic nitrogens is 2. The number of ketones is 1. The highest BCUT2D eigenvalue weighted by Gasteiger charge is 2.45. The Morgan fingerprint density at radius 2 is 2.11 bits per heavy atom. The maximum absolute atomic E-state index is 14.9. The van der Waals surface area contributed by atoms with E-state index in [-0.39, 0.29) is 28.6 Å². The van der Waals surface area contributed by atoms with Crippen molar-refractivity contribution in [3.8, 4) is 5.88 Å². The summed E-state index contributed by atoms with van der Waals surface area (Å²) in [4.78, 5) is 24.6. The van der Waals surface area contributed by atoms with Crippen molar-refractivity contribution in [2.75, 3.05) is 7.11 Å². The molecule has 2 aromatic rings.